The van der Waals surface area contributed by atoms with Crippen molar-refractivity contribution in [2.75, 3.05) is 4.72 Å². The average molecular weight is 263 g/mol. The number of phenols is 1. The first-order chi connectivity index (χ1) is 8.49. The second-order valence-electron chi connectivity index (χ2n) is 3.94. The van der Waals surface area contributed by atoms with Crippen LogP contribution >= 0.6 is 0 Å². The lowest BCUT2D eigenvalue weighted by molar-refractivity contribution is 0.477. The Kier molecular flexibility index (Phi) is 3.25. The molecule has 0 saturated carbocycles. The van der Waals surface area contributed by atoms with Crippen molar-refractivity contribution in [3.63, 3.8) is 0 Å². The van der Waals surface area contributed by atoms with Gasteiger partial charge in [-0.1, -0.05) is 24.3 Å². The molecule has 2 N–H and O–H groups in total. The summed E-state index contributed by atoms with van der Waals surface area (Å²) >= 11 is 0. The highest BCUT2D eigenvalue weighted by atomic mass is 32.2. The van der Waals surface area contributed by atoms with Crippen LogP contribution < -0.4 is 4.72 Å². The summed E-state index contributed by atoms with van der Waals surface area (Å²) in [4.78, 5) is 0.157. The fourth-order valence-corrected chi connectivity index (χ4v) is 2.63. The van der Waals surface area contributed by atoms with Gasteiger partial charge in [0, 0.05) is 0 Å². The van der Waals surface area contributed by atoms with E-state index in [0.717, 1.165) is 5.56 Å². The van der Waals surface area contributed by atoms with Crippen LogP contribution in [-0.2, 0) is 10.0 Å². The van der Waals surface area contributed by atoms with E-state index in [1.54, 1.807) is 24.3 Å². The van der Waals surface area contributed by atoms with E-state index in [9.17, 15) is 13.5 Å². The van der Waals surface area contributed by atoms with Crippen molar-refractivity contribution in [1.82, 2.24) is 0 Å². The van der Waals surface area contributed by atoms with Crippen LogP contribution in [0.5, 0.6) is 5.75 Å². The molecule has 0 bridgehead atoms. The molecule has 2 aromatic rings. The van der Waals surface area contributed by atoms with Gasteiger partial charge in [0.1, 0.15) is 5.75 Å². The minimum atomic E-state index is -3.66. The summed E-state index contributed by atoms with van der Waals surface area (Å²) in [7, 11) is -3.66. The van der Waals surface area contributed by atoms with Crippen LogP contribution in [0.15, 0.2) is 53.4 Å². The molecule has 94 valence electrons. The lowest BCUT2D eigenvalue weighted by Gasteiger charge is -2.09. The molecule has 18 heavy (non-hydrogen) atoms. The minimum absolute atomic E-state index is 0.0884. The van der Waals surface area contributed by atoms with Crippen LogP contribution in [0.25, 0.3) is 0 Å². The summed E-state index contributed by atoms with van der Waals surface area (Å²) in [6, 6.07) is 12.8. The highest BCUT2D eigenvalue weighted by Crippen LogP contribution is 2.26. The van der Waals surface area contributed by atoms with E-state index >= 15 is 0 Å². The number of aromatic hydroxyl groups is 1. The highest BCUT2D eigenvalue weighted by Gasteiger charge is 2.15. The Morgan fingerprint density at radius 2 is 1.72 bits per heavy atom. The molecule has 0 atom stereocenters. The maximum atomic E-state index is 12.0. The van der Waals surface area contributed by atoms with Crippen molar-refractivity contribution in [2.45, 2.75) is 11.8 Å². The van der Waals surface area contributed by atoms with Gasteiger partial charge in [0.15, 0.2) is 0 Å². The molecule has 2 rings (SSSR count). The molecular weight excluding hydrogens is 250 g/mol. The van der Waals surface area contributed by atoms with E-state index < -0.39 is 10.0 Å². The lowest BCUT2D eigenvalue weighted by Crippen LogP contribution is -2.12. The second kappa shape index (κ2) is 4.70. The molecule has 5 heteroatoms. The third-order valence-corrected chi connectivity index (χ3v) is 3.83. The Morgan fingerprint density at radius 3 is 2.33 bits per heavy atom. The molecule has 0 aliphatic carbocycles. The molecule has 0 fully saturated rings. The number of phenolic OH excluding ortho intramolecular Hbond substituents is 1. The average Bonchev–Trinajstić information content (AvgIpc) is 2.34. The molecule has 0 heterocycles. The highest BCUT2D eigenvalue weighted by molar-refractivity contribution is 7.92. The van der Waals surface area contributed by atoms with Crippen molar-refractivity contribution in [3.8, 4) is 5.75 Å². The van der Waals surface area contributed by atoms with Gasteiger partial charge in [0.25, 0.3) is 10.0 Å². The number of anilines is 1. The maximum Gasteiger partial charge on any atom is 0.262 e. The summed E-state index contributed by atoms with van der Waals surface area (Å²) in [6.45, 7) is 1.81. The Balaban J connectivity index is 2.34. The van der Waals surface area contributed by atoms with Crippen molar-refractivity contribution in [2.24, 2.45) is 0 Å². The first-order valence-corrected chi connectivity index (χ1v) is 6.85. The molecular formula is C13H13NO3S. The zero-order valence-corrected chi connectivity index (χ0v) is 10.6. The lowest BCUT2D eigenvalue weighted by atomic mass is 10.2. The van der Waals surface area contributed by atoms with E-state index in [2.05, 4.69) is 4.72 Å². The smallest absolute Gasteiger partial charge is 0.262 e. The van der Waals surface area contributed by atoms with Gasteiger partial charge >= 0.3 is 0 Å². The second-order valence-corrected chi connectivity index (χ2v) is 5.62. The molecule has 0 amide bonds. The van der Waals surface area contributed by atoms with Crippen LogP contribution in [0.4, 0.5) is 5.69 Å². The third kappa shape index (κ3) is 2.62. The first-order valence-electron chi connectivity index (χ1n) is 5.36. The molecule has 0 aromatic heterocycles. The number of nitrogens with one attached hydrogen (secondary N) is 1. The van der Waals surface area contributed by atoms with Gasteiger partial charge in [-0.25, -0.2) is 8.42 Å². The summed E-state index contributed by atoms with van der Waals surface area (Å²) in [5, 5.41) is 9.67. The maximum absolute atomic E-state index is 12.0. The monoisotopic (exact) mass is 263 g/mol. The van der Waals surface area contributed by atoms with Crippen LogP contribution in [0.1, 0.15) is 5.56 Å². The number of sulfonamides is 1. The normalized spacial score (nSPS) is 11.2. The Morgan fingerprint density at radius 1 is 1.06 bits per heavy atom. The number of benzene rings is 2. The molecule has 2 aromatic carbocycles. The van der Waals surface area contributed by atoms with Crippen LogP contribution in [0, 0.1) is 6.92 Å². The van der Waals surface area contributed by atoms with E-state index in [1.165, 1.54) is 24.3 Å². The van der Waals surface area contributed by atoms with Gasteiger partial charge in [0.2, 0.25) is 0 Å². The number of aryl methyl sites for hydroxylation is 1. The molecule has 0 aliphatic rings. The summed E-state index contributed by atoms with van der Waals surface area (Å²) in [6.07, 6.45) is 0. The largest absolute Gasteiger partial charge is 0.506 e. The molecule has 4 nitrogen and oxygen atoms in total. The van der Waals surface area contributed by atoms with E-state index in [1.807, 2.05) is 6.92 Å². The summed E-state index contributed by atoms with van der Waals surface area (Å²) in [5.41, 5.74) is 1.03. The fraction of sp³-hybridized carbons (Fsp3) is 0.0769. The number of rotatable bonds is 3. The zero-order valence-electron chi connectivity index (χ0n) is 9.79. The van der Waals surface area contributed by atoms with Gasteiger partial charge < -0.3 is 5.11 Å². The first kappa shape index (κ1) is 12.4. The van der Waals surface area contributed by atoms with Gasteiger partial charge in [-0.2, -0.15) is 0 Å². The van der Waals surface area contributed by atoms with E-state index in [-0.39, 0.29) is 16.3 Å². The van der Waals surface area contributed by atoms with Crippen molar-refractivity contribution >= 4 is 15.7 Å². The van der Waals surface area contributed by atoms with Crippen molar-refractivity contribution < 1.29 is 13.5 Å². The molecule has 0 spiro atoms. The minimum Gasteiger partial charge on any atom is -0.506 e. The van der Waals surface area contributed by atoms with E-state index in [4.69, 9.17) is 0 Å². The summed E-state index contributed by atoms with van der Waals surface area (Å²) < 4.78 is 26.4. The molecule has 0 radical (unpaired) electrons. The van der Waals surface area contributed by atoms with Crippen molar-refractivity contribution in [1.29, 1.82) is 0 Å². The zero-order chi connectivity index (χ0) is 13.2. The Hall–Kier alpha value is -2.01. The van der Waals surface area contributed by atoms with Gasteiger partial charge in [0.05, 0.1) is 10.6 Å². The predicted octanol–water partition coefficient (Wildman–Crippen LogP) is 2.50. The van der Waals surface area contributed by atoms with Crippen LogP contribution in [0.3, 0.4) is 0 Å². The van der Waals surface area contributed by atoms with E-state index in [0.29, 0.717) is 0 Å². The third-order valence-electron chi connectivity index (χ3n) is 2.45. The predicted molar refractivity (Wildman–Crippen MR) is 70.1 cm³/mol. The van der Waals surface area contributed by atoms with Gasteiger partial charge in [-0.3, -0.25) is 4.72 Å². The van der Waals surface area contributed by atoms with Gasteiger partial charge in [-0.15, -0.1) is 0 Å². The topological polar surface area (TPSA) is 66.4 Å². The standard InChI is InChI=1S/C13H13NO3S/c1-10-7-8-12(13(15)9-10)14-18(16,17)11-5-3-2-4-6-11/h2-9,14-15H,1H3. The number of hydrogen-bond acceptors (Lipinski definition) is 3. The number of hydrogen-bond donors (Lipinski definition) is 2. The van der Waals surface area contributed by atoms with Crippen LogP contribution in [0.2, 0.25) is 0 Å². The van der Waals surface area contributed by atoms with Crippen molar-refractivity contribution in [3.05, 3.63) is 54.1 Å². The molecule has 0 unspecified atom stereocenters. The summed E-state index contributed by atoms with van der Waals surface area (Å²) in [5.74, 6) is -0.0884. The Bertz CT molecular complexity index is 651. The van der Waals surface area contributed by atoms with Gasteiger partial charge in [-0.05, 0) is 36.8 Å². The fourth-order valence-electron chi connectivity index (χ4n) is 1.53. The Labute approximate surface area is 106 Å². The SMILES string of the molecule is Cc1ccc(NS(=O)(=O)c2ccccc2)c(O)c1. The molecule has 0 saturated heterocycles. The van der Waals surface area contributed by atoms with Crippen LogP contribution in [-0.4, -0.2) is 13.5 Å². The quantitative estimate of drug-likeness (QED) is 0.836. The molecule has 0 aliphatic heterocycles.